The summed E-state index contributed by atoms with van der Waals surface area (Å²) in [5, 5.41) is 0. The molecule has 0 aromatic carbocycles. The maximum Gasteiger partial charge on any atom is 0.222 e. The summed E-state index contributed by atoms with van der Waals surface area (Å²) in [6.07, 6.45) is 8.30. The van der Waals surface area contributed by atoms with Crippen LogP contribution in [-0.4, -0.2) is 61.6 Å². The molecule has 3 fully saturated rings. The molecule has 0 radical (unpaired) electrons. The van der Waals surface area contributed by atoms with Gasteiger partial charge >= 0.3 is 0 Å². The second kappa shape index (κ2) is 7.59. The van der Waals surface area contributed by atoms with Crippen molar-refractivity contribution in [3.05, 3.63) is 0 Å². The second-order valence-electron chi connectivity index (χ2n) is 7.10. The molecule has 1 atom stereocenters. The Bertz CT molecular complexity index is 328. The second-order valence-corrected chi connectivity index (χ2v) is 7.10. The predicted octanol–water partition coefficient (Wildman–Crippen LogP) is 2.14. The monoisotopic (exact) mass is 294 g/mol. The third-order valence-corrected chi connectivity index (χ3v) is 5.51. The first-order valence-corrected chi connectivity index (χ1v) is 8.89. The maximum absolute atomic E-state index is 12.3. The van der Waals surface area contributed by atoms with E-state index >= 15 is 0 Å². The smallest absolute Gasteiger partial charge is 0.222 e. The van der Waals surface area contributed by atoms with Gasteiger partial charge in [-0.05, 0) is 70.0 Å². The largest absolute Gasteiger partial charge is 0.381 e. The number of carbonyl (C=O) groups excluding carboxylic acids is 1. The third-order valence-electron chi connectivity index (χ3n) is 5.51. The van der Waals surface area contributed by atoms with Crippen LogP contribution >= 0.6 is 0 Å². The molecule has 120 valence electrons. The molecule has 3 rings (SSSR count). The Morgan fingerprint density at radius 1 is 1.00 bits per heavy atom. The average molecular weight is 294 g/mol. The highest BCUT2D eigenvalue weighted by Crippen LogP contribution is 2.24. The lowest BCUT2D eigenvalue weighted by atomic mass is 9.92. The minimum absolute atomic E-state index is 0.364. The fourth-order valence-corrected chi connectivity index (χ4v) is 3.96. The zero-order valence-corrected chi connectivity index (χ0v) is 13.3. The summed E-state index contributed by atoms with van der Waals surface area (Å²) in [5.41, 5.74) is 0. The first-order chi connectivity index (χ1) is 10.3. The molecule has 4 heteroatoms. The number of hydrogen-bond donors (Lipinski definition) is 0. The molecule has 0 N–H and O–H groups in total. The quantitative estimate of drug-likeness (QED) is 0.779. The van der Waals surface area contributed by atoms with Gasteiger partial charge in [0.2, 0.25) is 5.91 Å². The Labute approximate surface area is 128 Å². The van der Waals surface area contributed by atoms with Gasteiger partial charge in [-0.15, -0.1) is 0 Å². The van der Waals surface area contributed by atoms with Crippen LogP contribution in [0.15, 0.2) is 0 Å². The van der Waals surface area contributed by atoms with E-state index in [1.165, 1.54) is 51.7 Å². The zero-order valence-electron chi connectivity index (χ0n) is 13.3. The Balaban J connectivity index is 1.33. The number of likely N-dealkylation sites (tertiary alicyclic amines) is 2. The lowest BCUT2D eigenvalue weighted by Crippen LogP contribution is -2.39. The van der Waals surface area contributed by atoms with Gasteiger partial charge in [0.25, 0.3) is 0 Å². The molecule has 1 unspecified atom stereocenters. The van der Waals surface area contributed by atoms with Crippen molar-refractivity contribution in [1.82, 2.24) is 9.80 Å². The fourth-order valence-electron chi connectivity index (χ4n) is 3.96. The average Bonchev–Trinajstić information content (AvgIpc) is 3.19. The summed E-state index contributed by atoms with van der Waals surface area (Å²) in [6.45, 7) is 7.49. The van der Waals surface area contributed by atoms with Crippen LogP contribution in [0.4, 0.5) is 0 Å². The van der Waals surface area contributed by atoms with Crippen molar-refractivity contribution in [2.45, 2.75) is 44.9 Å². The van der Waals surface area contributed by atoms with Gasteiger partial charge in [0, 0.05) is 32.7 Å². The normalized spacial score (nSPS) is 28.4. The van der Waals surface area contributed by atoms with Gasteiger partial charge in [0.15, 0.2) is 0 Å². The standard InChI is InChI=1S/C17H30N2O2/c20-17(13-16-6-12-21-14-16)19-10-4-15(5-11-19)3-9-18-7-1-2-8-18/h15-16H,1-14H2. The summed E-state index contributed by atoms with van der Waals surface area (Å²) in [6, 6.07) is 0. The molecule has 0 aliphatic carbocycles. The highest BCUT2D eigenvalue weighted by atomic mass is 16.5. The predicted molar refractivity (Wildman–Crippen MR) is 83.1 cm³/mol. The van der Waals surface area contributed by atoms with Crippen LogP contribution in [0.2, 0.25) is 0 Å². The van der Waals surface area contributed by atoms with Crippen LogP contribution in [0.5, 0.6) is 0 Å². The van der Waals surface area contributed by atoms with Crippen molar-refractivity contribution in [3.63, 3.8) is 0 Å². The lowest BCUT2D eigenvalue weighted by molar-refractivity contribution is -0.133. The topological polar surface area (TPSA) is 32.8 Å². The fraction of sp³-hybridized carbons (Fsp3) is 0.941. The molecule has 0 aromatic rings. The molecule has 4 nitrogen and oxygen atoms in total. The number of carbonyl (C=O) groups is 1. The van der Waals surface area contributed by atoms with Crippen LogP contribution in [0.25, 0.3) is 0 Å². The van der Waals surface area contributed by atoms with E-state index in [4.69, 9.17) is 4.74 Å². The summed E-state index contributed by atoms with van der Waals surface area (Å²) in [4.78, 5) is 17.0. The van der Waals surface area contributed by atoms with Gasteiger partial charge < -0.3 is 14.5 Å². The van der Waals surface area contributed by atoms with E-state index in [2.05, 4.69) is 9.80 Å². The van der Waals surface area contributed by atoms with Crippen molar-refractivity contribution in [1.29, 1.82) is 0 Å². The Morgan fingerprint density at radius 2 is 1.76 bits per heavy atom. The Hall–Kier alpha value is -0.610. The van der Waals surface area contributed by atoms with Gasteiger partial charge in [-0.25, -0.2) is 0 Å². The van der Waals surface area contributed by atoms with Crippen molar-refractivity contribution in [2.75, 3.05) is 45.9 Å². The summed E-state index contributed by atoms with van der Waals surface area (Å²) >= 11 is 0. The van der Waals surface area contributed by atoms with E-state index in [1.807, 2.05) is 0 Å². The van der Waals surface area contributed by atoms with Gasteiger partial charge in [-0.2, -0.15) is 0 Å². The molecule has 0 aromatic heterocycles. The van der Waals surface area contributed by atoms with Crippen LogP contribution in [-0.2, 0) is 9.53 Å². The maximum atomic E-state index is 12.3. The molecule has 3 heterocycles. The zero-order chi connectivity index (χ0) is 14.5. The SMILES string of the molecule is O=C(CC1CCOC1)N1CCC(CCN2CCCC2)CC1. The van der Waals surface area contributed by atoms with Crippen molar-refractivity contribution in [3.8, 4) is 0 Å². The number of nitrogens with zero attached hydrogens (tertiary/aromatic N) is 2. The van der Waals surface area contributed by atoms with Crippen LogP contribution in [0.3, 0.4) is 0 Å². The Kier molecular flexibility index (Phi) is 5.53. The minimum Gasteiger partial charge on any atom is -0.381 e. The summed E-state index contributed by atoms with van der Waals surface area (Å²) < 4.78 is 5.37. The molecule has 1 amide bonds. The third kappa shape index (κ3) is 4.43. The van der Waals surface area contributed by atoms with E-state index in [1.54, 1.807) is 0 Å². The number of piperidine rings is 1. The van der Waals surface area contributed by atoms with E-state index in [0.717, 1.165) is 38.6 Å². The van der Waals surface area contributed by atoms with Gasteiger partial charge in [0.05, 0.1) is 0 Å². The van der Waals surface area contributed by atoms with E-state index in [-0.39, 0.29) is 0 Å². The lowest BCUT2D eigenvalue weighted by Gasteiger charge is -2.33. The number of rotatable bonds is 5. The van der Waals surface area contributed by atoms with Crippen molar-refractivity contribution >= 4 is 5.91 Å². The molecule has 0 bridgehead atoms. The van der Waals surface area contributed by atoms with E-state index in [0.29, 0.717) is 18.2 Å². The molecule has 0 saturated carbocycles. The molecule has 3 saturated heterocycles. The molecule has 3 aliphatic heterocycles. The highest BCUT2D eigenvalue weighted by Gasteiger charge is 2.26. The molecule has 0 spiro atoms. The van der Waals surface area contributed by atoms with Gasteiger partial charge in [-0.3, -0.25) is 4.79 Å². The summed E-state index contributed by atoms with van der Waals surface area (Å²) in [7, 11) is 0. The van der Waals surface area contributed by atoms with Crippen molar-refractivity contribution in [2.24, 2.45) is 11.8 Å². The van der Waals surface area contributed by atoms with Crippen LogP contribution in [0, 0.1) is 11.8 Å². The molecule has 21 heavy (non-hydrogen) atoms. The number of ether oxygens (including phenoxy) is 1. The van der Waals surface area contributed by atoms with Gasteiger partial charge in [-0.1, -0.05) is 0 Å². The molecular weight excluding hydrogens is 264 g/mol. The minimum atomic E-state index is 0.364. The first kappa shape index (κ1) is 15.3. The van der Waals surface area contributed by atoms with E-state index < -0.39 is 0 Å². The Morgan fingerprint density at radius 3 is 2.43 bits per heavy atom. The number of hydrogen-bond acceptors (Lipinski definition) is 3. The van der Waals surface area contributed by atoms with E-state index in [9.17, 15) is 4.79 Å². The highest BCUT2D eigenvalue weighted by molar-refractivity contribution is 5.76. The van der Waals surface area contributed by atoms with Crippen LogP contribution in [0.1, 0.15) is 44.9 Å². The van der Waals surface area contributed by atoms with Crippen molar-refractivity contribution < 1.29 is 9.53 Å². The van der Waals surface area contributed by atoms with Crippen LogP contribution < -0.4 is 0 Å². The number of amides is 1. The summed E-state index contributed by atoms with van der Waals surface area (Å²) in [5.74, 6) is 1.68. The van der Waals surface area contributed by atoms with Gasteiger partial charge in [0.1, 0.15) is 0 Å². The first-order valence-electron chi connectivity index (χ1n) is 8.89. The molecular formula is C17H30N2O2. The molecule has 3 aliphatic rings.